The van der Waals surface area contributed by atoms with Crippen molar-refractivity contribution in [2.45, 2.75) is 25.3 Å². The Kier molecular flexibility index (Phi) is 3.36. The van der Waals surface area contributed by atoms with E-state index in [1.54, 1.807) is 24.3 Å². The van der Waals surface area contributed by atoms with E-state index < -0.39 is 0 Å². The molecule has 2 aliphatic heterocycles. The summed E-state index contributed by atoms with van der Waals surface area (Å²) in [5.74, 6) is -0.526. The lowest BCUT2D eigenvalue weighted by atomic mass is 10.0. The molecule has 0 saturated carbocycles. The minimum atomic E-state index is -0.263. The first-order chi connectivity index (χ1) is 9.72. The highest BCUT2D eigenvalue weighted by Crippen LogP contribution is 2.24. The van der Waals surface area contributed by atoms with Crippen molar-refractivity contribution >= 4 is 18.1 Å². The Bertz CT molecular complexity index is 535. The molecule has 5 nitrogen and oxygen atoms in total. The van der Waals surface area contributed by atoms with Gasteiger partial charge in [-0.1, -0.05) is 18.6 Å². The van der Waals surface area contributed by atoms with Crippen molar-refractivity contribution in [1.29, 1.82) is 0 Å². The summed E-state index contributed by atoms with van der Waals surface area (Å²) in [7, 11) is 0. The summed E-state index contributed by atoms with van der Waals surface area (Å²) in [6, 6.07) is 6.66. The summed E-state index contributed by atoms with van der Waals surface area (Å²) < 4.78 is 0. The number of nitrogens with zero attached hydrogens (tertiary/aromatic N) is 2. The number of rotatable bonds is 3. The molecule has 2 heterocycles. The number of benzene rings is 1. The number of aldehydes is 1. The predicted octanol–water partition coefficient (Wildman–Crippen LogP) is 1.29. The molecule has 20 heavy (non-hydrogen) atoms. The lowest BCUT2D eigenvalue weighted by molar-refractivity contribution is -0.114. The van der Waals surface area contributed by atoms with E-state index >= 15 is 0 Å². The van der Waals surface area contributed by atoms with Gasteiger partial charge in [-0.05, 0) is 25.0 Å². The molecule has 0 radical (unpaired) electrons. The van der Waals surface area contributed by atoms with Crippen molar-refractivity contribution in [2.24, 2.45) is 0 Å². The number of carbonyl (C=O) groups is 3. The van der Waals surface area contributed by atoms with Gasteiger partial charge in [0.05, 0.1) is 23.8 Å². The fourth-order valence-corrected chi connectivity index (χ4v) is 2.90. The highest BCUT2D eigenvalue weighted by molar-refractivity contribution is 6.21. The van der Waals surface area contributed by atoms with E-state index in [0.717, 1.165) is 32.1 Å². The van der Waals surface area contributed by atoms with Crippen LogP contribution in [-0.2, 0) is 4.79 Å². The SMILES string of the molecule is O=CC1CCCCN1CN1C(=O)c2ccccc2C1=O. The fourth-order valence-electron chi connectivity index (χ4n) is 2.90. The van der Waals surface area contributed by atoms with Gasteiger partial charge >= 0.3 is 0 Å². The van der Waals surface area contributed by atoms with Crippen LogP contribution in [0.2, 0.25) is 0 Å². The van der Waals surface area contributed by atoms with Gasteiger partial charge in [-0.15, -0.1) is 0 Å². The molecule has 3 rings (SSSR count). The second-order valence-electron chi connectivity index (χ2n) is 5.24. The summed E-state index contributed by atoms with van der Waals surface area (Å²) in [6.07, 6.45) is 3.72. The Morgan fingerprint density at radius 2 is 1.75 bits per heavy atom. The maximum atomic E-state index is 12.3. The van der Waals surface area contributed by atoms with Crippen LogP contribution in [0, 0.1) is 0 Å². The van der Waals surface area contributed by atoms with E-state index in [0.29, 0.717) is 11.1 Å². The van der Waals surface area contributed by atoms with Gasteiger partial charge in [0, 0.05) is 6.54 Å². The third-order valence-corrected chi connectivity index (χ3v) is 4.02. The van der Waals surface area contributed by atoms with Gasteiger partial charge in [-0.25, -0.2) is 0 Å². The third-order valence-electron chi connectivity index (χ3n) is 4.02. The molecule has 0 N–H and O–H groups in total. The van der Waals surface area contributed by atoms with Gasteiger partial charge < -0.3 is 4.79 Å². The normalized spacial score (nSPS) is 23.0. The molecule has 1 aromatic carbocycles. The maximum absolute atomic E-state index is 12.3. The van der Waals surface area contributed by atoms with Gasteiger partial charge in [0.15, 0.2) is 0 Å². The van der Waals surface area contributed by atoms with Crippen LogP contribution in [0.3, 0.4) is 0 Å². The van der Waals surface area contributed by atoms with Gasteiger partial charge in [-0.2, -0.15) is 0 Å². The largest absolute Gasteiger partial charge is 0.302 e. The van der Waals surface area contributed by atoms with E-state index in [1.807, 2.05) is 4.90 Å². The summed E-state index contributed by atoms with van der Waals surface area (Å²) in [6.45, 7) is 0.951. The Morgan fingerprint density at radius 3 is 2.35 bits per heavy atom. The Balaban J connectivity index is 1.81. The zero-order valence-electron chi connectivity index (χ0n) is 11.1. The highest BCUT2D eigenvalue weighted by Gasteiger charge is 2.37. The van der Waals surface area contributed by atoms with Crippen molar-refractivity contribution in [1.82, 2.24) is 9.80 Å². The van der Waals surface area contributed by atoms with Crippen molar-refractivity contribution in [2.75, 3.05) is 13.2 Å². The van der Waals surface area contributed by atoms with E-state index in [1.165, 1.54) is 4.90 Å². The number of likely N-dealkylation sites (tertiary alicyclic amines) is 1. The molecule has 1 fully saturated rings. The van der Waals surface area contributed by atoms with Crippen LogP contribution in [0.15, 0.2) is 24.3 Å². The Morgan fingerprint density at radius 1 is 1.10 bits per heavy atom. The molecule has 1 unspecified atom stereocenters. The number of hydrogen-bond acceptors (Lipinski definition) is 4. The van der Waals surface area contributed by atoms with E-state index in [4.69, 9.17) is 0 Å². The maximum Gasteiger partial charge on any atom is 0.262 e. The van der Waals surface area contributed by atoms with Crippen molar-refractivity contribution < 1.29 is 14.4 Å². The van der Waals surface area contributed by atoms with Crippen LogP contribution in [-0.4, -0.2) is 47.2 Å². The molecule has 0 spiro atoms. The predicted molar refractivity (Wildman–Crippen MR) is 72.2 cm³/mol. The molecule has 2 aliphatic rings. The van der Waals surface area contributed by atoms with Crippen LogP contribution in [0.25, 0.3) is 0 Å². The van der Waals surface area contributed by atoms with Gasteiger partial charge in [0.25, 0.3) is 11.8 Å². The molecule has 5 heteroatoms. The molecule has 104 valence electrons. The number of carbonyl (C=O) groups excluding carboxylic acids is 3. The molecule has 0 aromatic heterocycles. The molecule has 1 saturated heterocycles. The first-order valence-electron chi connectivity index (χ1n) is 6.87. The molecular formula is C15H16N2O3. The monoisotopic (exact) mass is 272 g/mol. The molecule has 2 amide bonds. The molecule has 0 aliphatic carbocycles. The first kappa shape index (κ1) is 13.0. The highest BCUT2D eigenvalue weighted by atomic mass is 16.2. The smallest absolute Gasteiger partial charge is 0.262 e. The zero-order valence-corrected chi connectivity index (χ0v) is 11.1. The molecule has 0 bridgehead atoms. The number of piperidine rings is 1. The number of fused-ring (bicyclic) bond motifs is 1. The molecular weight excluding hydrogens is 256 g/mol. The van der Waals surface area contributed by atoms with Crippen molar-refractivity contribution in [3.8, 4) is 0 Å². The Labute approximate surface area is 117 Å². The second-order valence-corrected chi connectivity index (χ2v) is 5.24. The minimum Gasteiger partial charge on any atom is -0.302 e. The van der Waals surface area contributed by atoms with Crippen LogP contribution < -0.4 is 0 Å². The minimum absolute atomic E-state index is 0.187. The van der Waals surface area contributed by atoms with Gasteiger partial charge in [0.2, 0.25) is 0 Å². The Hall–Kier alpha value is -2.01. The summed E-state index contributed by atoms with van der Waals surface area (Å²) in [4.78, 5) is 38.8. The lowest BCUT2D eigenvalue weighted by Gasteiger charge is -2.34. The average molecular weight is 272 g/mol. The van der Waals surface area contributed by atoms with Crippen molar-refractivity contribution in [3.05, 3.63) is 35.4 Å². The van der Waals surface area contributed by atoms with Crippen LogP contribution in [0.1, 0.15) is 40.0 Å². The van der Waals surface area contributed by atoms with E-state index in [2.05, 4.69) is 0 Å². The fraction of sp³-hybridized carbons (Fsp3) is 0.400. The number of imide groups is 1. The number of amides is 2. The van der Waals surface area contributed by atoms with Gasteiger partial charge in [-0.3, -0.25) is 19.4 Å². The van der Waals surface area contributed by atoms with E-state index in [-0.39, 0.29) is 24.5 Å². The summed E-state index contributed by atoms with van der Waals surface area (Å²) >= 11 is 0. The third kappa shape index (κ3) is 2.04. The lowest BCUT2D eigenvalue weighted by Crippen LogP contribution is -2.48. The van der Waals surface area contributed by atoms with E-state index in [9.17, 15) is 14.4 Å². The standard InChI is InChI=1S/C15H16N2O3/c18-9-11-5-3-4-8-16(11)10-17-14(19)12-6-1-2-7-13(12)15(17)20/h1-2,6-7,9,11H,3-5,8,10H2. The summed E-state index contributed by atoms with van der Waals surface area (Å²) in [5, 5.41) is 0. The topological polar surface area (TPSA) is 57.7 Å². The van der Waals surface area contributed by atoms with Crippen LogP contribution in [0.5, 0.6) is 0 Å². The number of hydrogen-bond donors (Lipinski definition) is 0. The molecule has 1 atom stereocenters. The van der Waals surface area contributed by atoms with Crippen molar-refractivity contribution in [3.63, 3.8) is 0 Å². The zero-order chi connectivity index (χ0) is 14.1. The first-order valence-corrected chi connectivity index (χ1v) is 6.87. The van der Waals surface area contributed by atoms with Crippen LogP contribution in [0.4, 0.5) is 0 Å². The van der Waals surface area contributed by atoms with Crippen LogP contribution >= 0.6 is 0 Å². The quantitative estimate of drug-likeness (QED) is 0.614. The molecule has 1 aromatic rings. The average Bonchev–Trinajstić information content (AvgIpc) is 2.73. The summed E-state index contributed by atoms with van der Waals surface area (Å²) in [5.41, 5.74) is 0.911. The second kappa shape index (κ2) is 5.17. The van der Waals surface area contributed by atoms with Gasteiger partial charge in [0.1, 0.15) is 6.29 Å².